The van der Waals surface area contributed by atoms with Crippen LogP contribution < -0.4 is 20.4 Å². The number of aliphatic hydroxyl groups excluding tert-OH is 2. The molecular weight excluding hydrogens is 1080 g/mol. The summed E-state index contributed by atoms with van der Waals surface area (Å²) >= 11 is 3.24. The number of rotatable bonds is 21. The van der Waals surface area contributed by atoms with Gasteiger partial charge in [-0.2, -0.15) is 17.6 Å². The second kappa shape index (κ2) is 31.7. The first kappa shape index (κ1) is 59.8. The standard InChI is InChI=1S/C26H31F3N6O3.C19H16BrF3N4O2.C8H17NO/c27-22-17-19(24-31-32-25(38-24)23(28)29)7-8-20(22)18-35(21-5-2-1-3-6-21)26(37)30-9-11-34-14-12-33(13-15-34)10-4-16-36;20-8-9-24-19(28)27(14-4-2-1-3-5-14)11-13-7-6-12(10-15(13)21)17-25-26-18(29-17)16(22)23;10-8-4-7-9-5-2-1-3-6-9/h1-3,5-8,17,23,36H,4,9-16,18H2,(H,30,37);1-7,10,16H,8-9,11H2,(H,24,28);10H,1-8H2. The highest BCUT2D eigenvalue weighted by atomic mass is 79.9. The van der Waals surface area contributed by atoms with Gasteiger partial charge in [0.2, 0.25) is 11.8 Å². The van der Waals surface area contributed by atoms with Gasteiger partial charge in [0.05, 0.1) is 13.1 Å². The Morgan fingerprint density at radius 1 is 0.571 bits per heavy atom. The van der Waals surface area contributed by atoms with E-state index in [1.165, 1.54) is 66.4 Å². The van der Waals surface area contributed by atoms with Crippen LogP contribution in [0.3, 0.4) is 0 Å². The fourth-order valence-electron chi connectivity index (χ4n) is 8.29. The molecule has 2 fully saturated rings. The molecule has 24 heteroatoms. The quantitative estimate of drug-likeness (QED) is 0.0394. The molecule has 0 atom stereocenters. The van der Waals surface area contributed by atoms with Gasteiger partial charge in [-0.3, -0.25) is 14.7 Å². The van der Waals surface area contributed by atoms with Crippen LogP contribution in [-0.2, 0) is 13.1 Å². The third-order valence-electron chi connectivity index (χ3n) is 12.4. The molecule has 0 saturated carbocycles. The summed E-state index contributed by atoms with van der Waals surface area (Å²) in [7, 11) is 0. The fraction of sp³-hybridized carbons (Fsp3) is 0.434. The van der Waals surface area contributed by atoms with Crippen molar-refractivity contribution in [2.75, 3.05) is 100 Å². The van der Waals surface area contributed by atoms with E-state index in [-0.39, 0.29) is 65.8 Å². The van der Waals surface area contributed by atoms with Crippen molar-refractivity contribution in [1.82, 2.24) is 45.7 Å². The van der Waals surface area contributed by atoms with Gasteiger partial charge in [-0.25, -0.2) is 18.4 Å². The number of hydrogen-bond acceptors (Lipinski definition) is 13. The van der Waals surface area contributed by atoms with Gasteiger partial charge in [-0.05, 0) is 87.3 Å². The molecule has 2 aromatic heterocycles. The number of likely N-dealkylation sites (tertiary alicyclic amines) is 1. The van der Waals surface area contributed by atoms with E-state index in [2.05, 4.69) is 61.7 Å². The molecule has 4 heterocycles. The molecule has 0 bridgehead atoms. The monoisotopic (exact) mass is 1140 g/mol. The summed E-state index contributed by atoms with van der Waals surface area (Å²) in [4.78, 5) is 35.6. The van der Waals surface area contributed by atoms with Crippen LogP contribution in [0.5, 0.6) is 0 Å². The van der Waals surface area contributed by atoms with Gasteiger partial charge in [0.15, 0.2) is 0 Å². The number of hydrogen-bond donors (Lipinski definition) is 4. The predicted molar refractivity (Wildman–Crippen MR) is 282 cm³/mol. The number of carbonyl (C=O) groups excluding carboxylic acids is 2. The highest BCUT2D eigenvalue weighted by Crippen LogP contribution is 2.28. The Morgan fingerprint density at radius 2 is 0.987 bits per heavy atom. The number of carbonyl (C=O) groups is 2. The number of urea groups is 2. The maximum absolute atomic E-state index is 15.0. The average molecular weight is 1150 g/mol. The number of piperidine rings is 1. The minimum Gasteiger partial charge on any atom is -0.415 e. The number of halogens is 7. The highest BCUT2D eigenvalue weighted by Gasteiger charge is 2.24. The number of aliphatic hydroxyl groups is 2. The lowest BCUT2D eigenvalue weighted by Crippen LogP contribution is -2.49. The minimum atomic E-state index is -2.92. The molecule has 2 saturated heterocycles. The Labute approximate surface area is 451 Å². The van der Waals surface area contributed by atoms with Crippen LogP contribution in [-0.4, -0.2) is 148 Å². The number of piperazine rings is 1. The minimum absolute atomic E-state index is 0.0314. The van der Waals surface area contributed by atoms with E-state index in [0.717, 1.165) is 64.2 Å². The Morgan fingerprint density at radius 3 is 1.38 bits per heavy atom. The Kier molecular flexibility index (Phi) is 24.6. The van der Waals surface area contributed by atoms with Crippen LogP contribution in [0.1, 0.15) is 67.9 Å². The smallest absolute Gasteiger partial charge is 0.322 e. The molecular formula is C53H64BrF6N11O6. The van der Waals surface area contributed by atoms with Gasteiger partial charge < -0.3 is 39.5 Å². The summed E-state index contributed by atoms with van der Waals surface area (Å²) in [5, 5.41) is 37.4. The summed E-state index contributed by atoms with van der Waals surface area (Å²) in [6.45, 7) is 10.1. The van der Waals surface area contributed by atoms with Crippen LogP contribution in [0, 0.1) is 11.6 Å². The molecule has 0 unspecified atom stereocenters. The van der Waals surface area contributed by atoms with Crippen molar-refractivity contribution in [1.29, 1.82) is 0 Å². The van der Waals surface area contributed by atoms with Crippen LogP contribution in [0.2, 0.25) is 0 Å². The van der Waals surface area contributed by atoms with E-state index in [0.29, 0.717) is 42.9 Å². The van der Waals surface area contributed by atoms with E-state index in [1.54, 1.807) is 48.5 Å². The van der Waals surface area contributed by atoms with Crippen LogP contribution >= 0.6 is 15.9 Å². The number of alkyl halides is 5. The lowest BCUT2D eigenvalue weighted by Gasteiger charge is -2.34. The number of para-hydroxylation sites is 2. The summed E-state index contributed by atoms with van der Waals surface area (Å²) in [5.41, 5.74) is 2.00. The van der Waals surface area contributed by atoms with Gasteiger partial charge >= 0.3 is 24.9 Å². The first-order valence-electron chi connectivity index (χ1n) is 25.3. The number of benzene rings is 4. The number of aromatic nitrogens is 4. The van der Waals surface area contributed by atoms with Gasteiger partial charge in [-0.15, -0.1) is 20.4 Å². The molecule has 77 heavy (non-hydrogen) atoms. The summed E-state index contributed by atoms with van der Waals surface area (Å²) in [6.07, 6.45) is -0.00442. The molecule has 2 aliphatic rings. The normalized spacial score (nSPS) is 14.1. The van der Waals surface area contributed by atoms with Gasteiger partial charge in [-0.1, -0.05) is 70.9 Å². The zero-order chi connectivity index (χ0) is 54.9. The second-order valence-electron chi connectivity index (χ2n) is 17.8. The SMILES string of the molecule is O=C(NCCBr)N(Cc1ccc(-c2nnc(C(F)F)o2)cc1F)c1ccccc1.O=C(NCCN1CCN(CCCO)CC1)N(Cc1ccc(-c2nnc(C(F)F)o2)cc1F)c1ccccc1.OCCCN1CCCCC1. The van der Waals surface area contributed by atoms with E-state index >= 15 is 4.39 Å². The molecule has 0 spiro atoms. The number of anilines is 2. The van der Waals surface area contributed by atoms with Crippen molar-refractivity contribution in [2.45, 2.75) is 58.0 Å². The van der Waals surface area contributed by atoms with Crippen molar-refractivity contribution in [2.24, 2.45) is 0 Å². The molecule has 4 amide bonds. The van der Waals surface area contributed by atoms with E-state index in [4.69, 9.17) is 19.0 Å². The third-order valence-corrected chi connectivity index (χ3v) is 12.8. The molecule has 4 aromatic carbocycles. The Balaban J connectivity index is 0.000000216. The Hall–Kier alpha value is -6.44. The lowest BCUT2D eigenvalue weighted by molar-refractivity contribution is 0.115. The van der Waals surface area contributed by atoms with Gasteiger partial charge in [0.25, 0.3) is 11.8 Å². The largest absolute Gasteiger partial charge is 0.415 e. The fourth-order valence-corrected chi connectivity index (χ4v) is 8.49. The molecule has 2 aliphatic heterocycles. The second-order valence-corrected chi connectivity index (χ2v) is 18.6. The lowest BCUT2D eigenvalue weighted by atomic mass is 10.1. The highest BCUT2D eigenvalue weighted by molar-refractivity contribution is 9.09. The number of nitrogens with zero attached hydrogens (tertiary/aromatic N) is 9. The van der Waals surface area contributed by atoms with Crippen LogP contribution in [0.4, 0.5) is 47.3 Å². The summed E-state index contributed by atoms with van der Waals surface area (Å²) in [6, 6.07) is 25.2. The first-order valence-corrected chi connectivity index (χ1v) is 26.5. The maximum Gasteiger partial charge on any atom is 0.322 e. The van der Waals surface area contributed by atoms with Crippen molar-refractivity contribution in [3.8, 4) is 22.9 Å². The molecule has 17 nitrogen and oxygen atoms in total. The number of nitrogens with one attached hydrogen (secondary N) is 2. The van der Waals surface area contributed by atoms with Crippen molar-refractivity contribution in [3.05, 3.63) is 132 Å². The van der Waals surface area contributed by atoms with Crippen molar-refractivity contribution >= 4 is 39.4 Å². The van der Waals surface area contributed by atoms with Crippen molar-refractivity contribution < 1.29 is 55.0 Å². The molecule has 6 aromatic rings. The molecule has 8 rings (SSSR count). The van der Waals surface area contributed by atoms with E-state index < -0.39 is 36.3 Å². The molecule has 0 aliphatic carbocycles. The summed E-state index contributed by atoms with van der Waals surface area (Å²) < 4.78 is 90.1. The van der Waals surface area contributed by atoms with Crippen molar-refractivity contribution in [3.63, 3.8) is 0 Å². The molecule has 4 N–H and O–H groups in total. The topological polar surface area (TPSA) is 193 Å². The van der Waals surface area contributed by atoms with E-state index in [1.807, 2.05) is 12.1 Å². The first-order chi connectivity index (χ1) is 37.4. The Bertz CT molecular complexity index is 2680. The zero-order valence-electron chi connectivity index (χ0n) is 42.4. The molecule has 0 radical (unpaired) electrons. The maximum atomic E-state index is 15.0. The summed E-state index contributed by atoms with van der Waals surface area (Å²) in [5.74, 6) is -3.35. The van der Waals surface area contributed by atoms with Gasteiger partial charge in [0.1, 0.15) is 11.6 Å². The zero-order valence-corrected chi connectivity index (χ0v) is 44.0. The van der Waals surface area contributed by atoms with E-state index in [9.17, 15) is 31.5 Å². The third kappa shape index (κ3) is 18.9. The molecule has 416 valence electrons. The van der Waals surface area contributed by atoms with Crippen LogP contribution in [0.15, 0.2) is 106 Å². The van der Waals surface area contributed by atoms with Gasteiger partial charge in [0, 0.05) is 111 Å². The predicted octanol–water partition coefficient (Wildman–Crippen LogP) is 9.31. The average Bonchev–Trinajstić information content (AvgIpc) is 4.17. The van der Waals surface area contributed by atoms with Crippen LogP contribution in [0.25, 0.3) is 22.9 Å². The number of amides is 4.